The Hall–Kier alpha value is -0.920. The molecular weight excluding hydrogens is 296 g/mol. The first-order valence-electron chi connectivity index (χ1n) is 10.0. The maximum atomic E-state index is 12.2. The lowest BCUT2D eigenvalue weighted by Crippen LogP contribution is -2.51. The highest BCUT2D eigenvalue weighted by molar-refractivity contribution is 5.93. The number of ketones is 2. The van der Waals surface area contributed by atoms with E-state index in [9.17, 15) is 9.59 Å². The fraction of sp³-hybridized carbons (Fsp3) is 0.818. The van der Waals surface area contributed by atoms with E-state index in [0.717, 1.165) is 37.0 Å². The standard InChI is InChI=1S/C22H32O2/c1-13-12-22(4)15(11-20(13)24)5-6-16-18-8-7-17(14(2)23)21(18,3)10-9-19(16)22/h11,13,16-19H,5-10,12H2,1-4H3/t13?,16-,17+,18-,19-,21+,22-/m0/s1. The Balaban J connectivity index is 1.68. The van der Waals surface area contributed by atoms with Gasteiger partial charge in [0, 0.05) is 11.8 Å². The van der Waals surface area contributed by atoms with E-state index in [1.54, 1.807) is 0 Å². The Morgan fingerprint density at radius 1 is 1.12 bits per heavy atom. The zero-order chi connectivity index (χ0) is 17.3. The van der Waals surface area contributed by atoms with Crippen molar-refractivity contribution in [2.75, 3.05) is 0 Å². The molecule has 0 amide bonds. The zero-order valence-electron chi connectivity index (χ0n) is 15.7. The van der Waals surface area contributed by atoms with Crippen molar-refractivity contribution in [1.82, 2.24) is 0 Å². The normalized spacial score (nSPS) is 50.6. The molecule has 0 aliphatic heterocycles. The highest BCUT2D eigenvalue weighted by Gasteiger charge is 2.60. The van der Waals surface area contributed by atoms with Gasteiger partial charge in [0.1, 0.15) is 5.78 Å². The van der Waals surface area contributed by atoms with E-state index in [0.29, 0.717) is 17.5 Å². The minimum absolute atomic E-state index is 0.180. The quantitative estimate of drug-likeness (QED) is 0.681. The number of hydrogen-bond acceptors (Lipinski definition) is 2. The van der Waals surface area contributed by atoms with Gasteiger partial charge in [-0.3, -0.25) is 9.59 Å². The third-order valence-electron chi connectivity index (χ3n) is 8.76. The van der Waals surface area contributed by atoms with E-state index >= 15 is 0 Å². The molecule has 0 aromatic rings. The molecule has 0 heterocycles. The molecule has 3 fully saturated rings. The Morgan fingerprint density at radius 3 is 2.58 bits per heavy atom. The molecule has 1 unspecified atom stereocenters. The van der Waals surface area contributed by atoms with Gasteiger partial charge in [0.25, 0.3) is 0 Å². The molecule has 0 spiro atoms. The lowest BCUT2D eigenvalue weighted by molar-refractivity contribution is -0.129. The van der Waals surface area contributed by atoms with Gasteiger partial charge in [-0.2, -0.15) is 0 Å². The number of carbonyl (C=O) groups is 2. The molecule has 2 nitrogen and oxygen atoms in total. The van der Waals surface area contributed by atoms with E-state index in [1.807, 2.05) is 13.0 Å². The van der Waals surface area contributed by atoms with E-state index in [1.165, 1.54) is 31.3 Å². The first kappa shape index (κ1) is 16.5. The number of allylic oxidation sites excluding steroid dienone is 1. The third kappa shape index (κ3) is 2.07. The number of rotatable bonds is 1. The summed E-state index contributed by atoms with van der Waals surface area (Å²) in [6.45, 7) is 8.77. The fourth-order valence-electron chi connectivity index (χ4n) is 7.56. The third-order valence-corrected chi connectivity index (χ3v) is 8.76. The fourth-order valence-corrected chi connectivity index (χ4v) is 7.56. The van der Waals surface area contributed by atoms with Crippen LogP contribution in [0.25, 0.3) is 0 Å². The van der Waals surface area contributed by atoms with Crippen LogP contribution in [-0.4, -0.2) is 11.6 Å². The maximum Gasteiger partial charge on any atom is 0.158 e. The number of carbonyl (C=O) groups excluding carboxylic acids is 2. The monoisotopic (exact) mass is 328 g/mol. The van der Waals surface area contributed by atoms with Crippen LogP contribution < -0.4 is 0 Å². The van der Waals surface area contributed by atoms with Crippen LogP contribution in [0.3, 0.4) is 0 Å². The largest absolute Gasteiger partial charge is 0.300 e. The number of hydrogen-bond donors (Lipinski definition) is 0. The molecule has 0 radical (unpaired) electrons. The van der Waals surface area contributed by atoms with Gasteiger partial charge in [-0.1, -0.05) is 26.3 Å². The molecule has 0 N–H and O–H groups in total. The summed E-state index contributed by atoms with van der Waals surface area (Å²) in [4.78, 5) is 24.4. The van der Waals surface area contributed by atoms with Crippen LogP contribution in [0.2, 0.25) is 0 Å². The van der Waals surface area contributed by atoms with Crippen molar-refractivity contribution in [2.24, 2.45) is 40.4 Å². The van der Waals surface area contributed by atoms with Crippen LogP contribution in [0.4, 0.5) is 0 Å². The lowest BCUT2D eigenvalue weighted by atomic mass is 9.46. The molecule has 24 heavy (non-hydrogen) atoms. The van der Waals surface area contributed by atoms with Gasteiger partial charge < -0.3 is 0 Å². The summed E-state index contributed by atoms with van der Waals surface area (Å²) < 4.78 is 0. The predicted octanol–water partition coefficient (Wildman–Crippen LogP) is 4.97. The molecule has 4 aliphatic carbocycles. The van der Waals surface area contributed by atoms with Crippen molar-refractivity contribution < 1.29 is 9.59 Å². The van der Waals surface area contributed by atoms with E-state index in [2.05, 4.69) is 20.8 Å². The van der Waals surface area contributed by atoms with Gasteiger partial charge in [-0.05, 0) is 86.5 Å². The van der Waals surface area contributed by atoms with Crippen molar-refractivity contribution >= 4 is 11.6 Å². The van der Waals surface area contributed by atoms with E-state index in [-0.39, 0.29) is 16.7 Å². The van der Waals surface area contributed by atoms with Crippen LogP contribution in [0.1, 0.15) is 72.6 Å². The van der Waals surface area contributed by atoms with Crippen LogP contribution >= 0.6 is 0 Å². The highest BCUT2D eigenvalue weighted by Crippen LogP contribution is 2.66. The smallest absolute Gasteiger partial charge is 0.158 e. The summed E-state index contributed by atoms with van der Waals surface area (Å²) in [5.74, 6) is 3.43. The Morgan fingerprint density at radius 2 is 1.88 bits per heavy atom. The van der Waals surface area contributed by atoms with E-state index < -0.39 is 0 Å². The molecule has 7 atom stereocenters. The number of fused-ring (bicyclic) bond motifs is 5. The predicted molar refractivity (Wildman–Crippen MR) is 95.4 cm³/mol. The molecule has 2 heteroatoms. The van der Waals surface area contributed by atoms with Crippen LogP contribution in [0.15, 0.2) is 11.6 Å². The molecule has 0 saturated heterocycles. The van der Waals surface area contributed by atoms with Crippen LogP contribution in [0.5, 0.6) is 0 Å². The average molecular weight is 328 g/mol. The minimum atomic E-state index is 0.180. The van der Waals surface area contributed by atoms with Crippen LogP contribution in [0, 0.1) is 40.4 Å². The minimum Gasteiger partial charge on any atom is -0.300 e. The molecule has 3 saturated carbocycles. The second kappa shape index (κ2) is 5.29. The molecule has 0 aromatic carbocycles. The molecule has 0 bridgehead atoms. The van der Waals surface area contributed by atoms with Crippen molar-refractivity contribution in [1.29, 1.82) is 0 Å². The van der Waals surface area contributed by atoms with Gasteiger partial charge in [0.05, 0.1) is 0 Å². The first-order valence-corrected chi connectivity index (χ1v) is 10.0. The number of Topliss-reactive ketones (excluding diaryl/α,β-unsaturated/α-hetero) is 1. The molecule has 4 aliphatic rings. The average Bonchev–Trinajstić information content (AvgIpc) is 2.86. The summed E-state index contributed by atoms with van der Waals surface area (Å²) in [6, 6.07) is 0. The molecular formula is C22H32O2. The Labute approximate surface area is 146 Å². The van der Waals surface area contributed by atoms with E-state index in [4.69, 9.17) is 0 Å². The van der Waals surface area contributed by atoms with Gasteiger partial charge in [-0.15, -0.1) is 0 Å². The van der Waals surface area contributed by atoms with Crippen LogP contribution in [-0.2, 0) is 9.59 Å². The zero-order valence-corrected chi connectivity index (χ0v) is 15.7. The summed E-state index contributed by atoms with van der Waals surface area (Å²) >= 11 is 0. The summed E-state index contributed by atoms with van der Waals surface area (Å²) in [5, 5.41) is 0. The van der Waals surface area contributed by atoms with Gasteiger partial charge >= 0.3 is 0 Å². The maximum absolute atomic E-state index is 12.2. The Kier molecular flexibility index (Phi) is 3.64. The summed E-state index contributed by atoms with van der Waals surface area (Å²) in [6.07, 6.45) is 10.2. The SMILES string of the molecule is CC(=O)[C@H]1CC[C@H]2[C@@H]3CCC4=CC(=O)C(C)C[C@]4(C)[C@H]3CC[C@]12C. The molecule has 0 aromatic heterocycles. The second-order valence-corrected chi connectivity index (χ2v) is 9.80. The molecule has 4 rings (SSSR count). The lowest BCUT2D eigenvalue weighted by Gasteiger charge is -2.58. The van der Waals surface area contributed by atoms with Gasteiger partial charge in [0.15, 0.2) is 5.78 Å². The van der Waals surface area contributed by atoms with Gasteiger partial charge in [0.2, 0.25) is 0 Å². The van der Waals surface area contributed by atoms with Crippen molar-refractivity contribution in [3.05, 3.63) is 11.6 Å². The van der Waals surface area contributed by atoms with Gasteiger partial charge in [-0.25, -0.2) is 0 Å². The second-order valence-electron chi connectivity index (χ2n) is 9.80. The van der Waals surface area contributed by atoms with Crippen molar-refractivity contribution in [2.45, 2.75) is 72.6 Å². The highest BCUT2D eigenvalue weighted by atomic mass is 16.1. The topological polar surface area (TPSA) is 34.1 Å². The first-order chi connectivity index (χ1) is 11.3. The van der Waals surface area contributed by atoms with Crippen molar-refractivity contribution in [3.63, 3.8) is 0 Å². The summed E-state index contributed by atoms with van der Waals surface area (Å²) in [5.41, 5.74) is 1.91. The van der Waals surface area contributed by atoms with Crippen molar-refractivity contribution in [3.8, 4) is 0 Å². The molecule has 132 valence electrons. The summed E-state index contributed by atoms with van der Waals surface area (Å²) in [7, 11) is 0. The Bertz CT molecular complexity index is 617.